The van der Waals surface area contributed by atoms with Crippen LogP contribution in [0, 0.1) is 0 Å². The molecule has 0 spiro atoms. The molecule has 0 bridgehead atoms. The molecule has 186 valence electrons. The highest BCUT2D eigenvalue weighted by atomic mass is 35.5. The standard InChI is InChI=1S/C19H13ClN4O4S2.C3H8.C2H6/c20-14-6-8-17(29-14)30(28)23-19(27)22-12-5-7-15(21-10-12)24-16(25)9-11-3-1-2-4-13(11)18(24)26;1-3-2;1-2/h1-8,10H,9H2,(H2,22,23,27);3H2,1-2H3;1-2H3. The molecule has 2 aromatic heterocycles. The van der Waals surface area contributed by atoms with Crippen molar-refractivity contribution in [3.05, 3.63) is 70.2 Å². The lowest BCUT2D eigenvalue weighted by molar-refractivity contribution is -0.117. The van der Waals surface area contributed by atoms with E-state index in [4.69, 9.17) is 11.6 Å². The van der Waals surface area contributed by atoms with Crippen LogP contribution in [0.2, 0.25) is 4.34 Å². The van der Waals surface area contributed by atoms with Crippen molar-refractivity contribution in [2.45, 2.75) is 44.7 Å². The minimum Gasteiger partial charge on any atom is -0.306 e. The lowest BCUT2D eigenvalue weighted by Crippen LogP contribution is -2.42. The summed E-state index contributed by atoms with van der Waals surface area (Å²) in [6, 6.07) is 12.3. The Hall–Kier alpha value is -3.08. The summed E-state index contributed by atoms with van der Waals surface area (Å²) in [6.45, 7) is 8.25. The van der Waals surface area contributed by atoms with E-state index in [1.54, 1.807) is 36.4 Å². The molecular weight excluding hydrogens is 508 g/mol. The Kier molecular flexibility index (Phi) is 11.0. The molecule has 1 aliphatic heterocycles. The van der Waals surface area contributed by atoms with Crippen LogP contribution in [0.4, 0.5) is 16.3 Å². The summed E-state index contributed by atoms with van der Waals surface area (Å²) < 4.78 is 15.2. The van der Waals surface area contributed by atoms with E-state index in [-0.39, 0.29) is 18.1 Å². The quantitative estimate of drug-likeness (QED) is 0.410. The lowest BCUT2D eigenvalue weighted by atomic mass is 9.98. The number of imide groups is 1. The van der Waals surface area contributed by atoms with Crippen molar-refractivity contribution in [2.24, 2.45) is 0 Å². The summed E-state index contributed by atoms with van der Waals surface area (Å²) in [7, 11) is -1.75. The van der Waals surface area contributed by atoms with Gasteiger partial charge in [0.25, 0.3) is 5.91 Å². The first-order valence-corrected chi connectivity index (χ1v) is 13.3. The molecule has 0 saturated heterocycles. The zero-order valence-corrected chi connectivity index (χ0v) is 22.2. The zero-order chi connectivity index (χ0) is 26.0. The van der Waals surface area contributed by atoms with Gasteiger partial charge in [-0.3, -0.25) is 14.3 Å². The maximum atomic E-state index is 12.7. The molecular formula is C24H27ClN4O4S2. The Labute approximate surface area is 216 Å². The number of benzene rings is 1. The molecule has 4 amide bonds. The van der Waals surface area contributed by atoms with E-state index in [1.807, 2.05) is 13.8 Å². The zero-order valence-electron chi connectivity index (χ0n) is 19.8. The van der Waals surface area contributed by atoms with Crippen LogP contribution >= 0.6 is 22.9 Å². The third kappa shape index (κ3) is 7.45. The van der Waals surface area contributed by atoms with Crippen LogP contribution in [0.1, 0.15) is 50.0 Å². The molecule has 8 nitrogen and oxygen atoms in total. The Bertz CT molecular complexity index is 1200. The van der Waals surface area contributed by atoms with E-state index in [0.717, 1.165) is 16.2 Å². The molecule has 3 heterocycles. The average Bonchev–Trinajstić information content (AvgIpc) is 3.28. The molecule has 1 atom stereocenters. The number of halogens is 1. The van der Waals surface area contributed by atoms with Crippen molar-refractivity contribution in [3.8, 4) is 0 Å². The minimum absolute atomic E-state index is 0.102. The third-order valence-electron chi connectivity index (χ3n) is 4.19. The van der Waals surface area contributed by atoms with Gasteiger partial charge in [0, 0.05) is 5.56 Å². The van der Waals surface area contributed by atoms with E-state index in [9.17, 15) is 18.6 Å². The summed E-state index contributed by atoms with van der Waals surface area (Å²) in [6.07, 6.45) is 2.66. The molecule has 0 fully saturated rings. The number of nitrogens with one attached hydrogen (secondary N) is 2. The monoisotopic (exact) mass is 534 g/mol. The van der Waals surface area contributed by atoms with Crippen LogP contribution in [0.25, 0.3) is 0 Å². The summed E-state index contributed by atoms with van der Waals surface area (Å²) in [5.74, 6) is -0.672. The van der Waals surface area contributed by atoms with Crippen LogP contribution in [-0.2, 0) is 22.2 Å². The number of carbonyl (C=O) groups excluding carboxylic acids is 3. The SMILES string of the molecule is CC.CCC.O=C(Nc1ccc(N2C(=O)Cc3ccccc3C2=O)nc1)NS(=O)c1ccc(Cl)s1. The number of carbonyl (C=O) groups is 3. The molecule has 1 aliphatic rings. The van der Waals surface area contributed by atoms with Gasteiger partial charge in [0.1, 0.15) is 10.0 Å². The van der Waals surface area contributed by atoms with Gasteiger partial charge in [0.05, 0.1) is 22.6 Å². The highest BCUT2D eigenvalue weighted by molar-refractivity contribution is 7.86. The van der Waals surface area contributed by atoms with Crippen LogP contribution in [0.5, 0.6) is 0 Å². The maximum absolute atomic E-state index is 12.7. The molecule has 2 N–H and O–H groups in total. The summed E-state index contributed by atoms with van der Waals surface area (Å²) in [4.78, 5) is 42.3. The summed E-state index contributed by atoms with van der Waals surface area (Å²) >= 11 is 6.89. The fourth-order valence-electron chi connectivity index (χ4n) is 2.87. The second kappa shape index (κ2) is 13.7. The maximum Gasteiger partial charge on any atom is 0.331 e. The number of rotatable bonds is 4. The second-order valence-corrected chi connectivity index (χ2v) is 10.0. The molecule has 1 unspecified atom stereocenters. The molecule has 0 saturated carbocycles. The molecule has 0 radical (unpaired) electrons. The van der Waals surface area contributed by atoms with Crippen molar-refractivity contribution >= 4 is 63.3 Å². The number of pyridine rings is 1. The third-order valence-corrected chi connectivity index (χ3v) is 6.80. The average molecular weight is 535 g/mol. The highest BCUT2D eigenvalue weighted by Gasteiger charge is 2.32. The number of thiophene rings is 1. The number of aromatic nitrogens is 1. The molecule has 35 heavy (non-hydrogen) atoms. The van der Waals surface area contributed by atoms with Crippen LogP contribution in [-0.4, -0.2) is 27.0 Å². The van der Waals surface area contributed by atoms with Crippen LogP contribution in [0.3, 0.4) is 0 Å². The number of urea groups is 1. The summed E-state index contributed by atoms with van der Waals surface area (Å²) in [5.41, 5.74) is 1.44. The summed E-state index contributed by atoms with van der Waals surface area (Å²) in [5, 5.41) is 2.50. The first-order chi connectivity index (χ1) is 16.8. The largest absolute Gasteiger partial charge is 0.331 e. The van der Waals surface area contributed by atoms with Gasteiger partial charge in [-0.1, -0.05) is 63.9 Å². The Morgan fingerprint density at radius 2 is 1.80 bits per heavy atom. The Morgan fingerprint density at radius 1 is 1.11 bits per heavy atom. The van der Waals surface area contributed by atoms with Crippen LogP contribution in [0.15, 0.2) is 58.9 Å². The lowest BCUT2D eigenvalue weighted by Gasteiger charge is -2.25. The van der Waals surface area contributed by atoms with Crippen LogP contribution < -0.4 is 14.9 Å². The normalized spacial score (nSPS) is 12.9. The first kappa shape index (κ1) is 28.2. The van der Waals surface area contributed by atoms with E-state index < -0.39 is 22.9 Å². The van der Waals surface area contributed by atoms with E-state index in [0.29, 0.717) is 25.4 Å². The van der Waals surface area contributed by atoms with Crippen molar-refractivity contribution in [3.63, 3.8) is 0 Å². The fraction of sp³-hybridized carbons (Fsp3) is 0.250. The predicted molar refractivity (Wildman–Crippen MR) is 141 cm³/mol. The number of nitrogens with zero attached hydrogens (tertiary/aromatic N) is 2. The smallest absolute Gasteiger partial charge is 0.306 e. The van der Waals surface area contributed by atoms with E-state index >= 15 is 0 Å². The number of amides is 4. The van der Waals surface area contributed by atoms with Gasteiger partial charge in [-0.25, -0.2) is 18.9 Å². The van der Waals surface area contributed by atoms with E-state index in [1.165, 1.54) is 24.8 Å². The van der Waals surface area contributed by atoms with Gasteiger partial charge >= 0.3 is 6.03 Å². The number of fused-ring (bicyclic) bond motifs is 1. The first-order valence-electron chi connectivity index (χ1n) is 11.0. The molecule has 4 rings (SSSR count). The second-order valence-electron chi connectivity index (χ2n) is 6.86. The fourth-order valence-corrected chi connectivity index (χ4v) is 4.99. The Morgan fingerprint density at radius 3 is 2.40 bits per heavy atom. The number of hydrogen-bond acceptors (Lipinski definition) is 6. The molecule has 1 aromatic carbocycles. The molecule has 0 aliphatic carbocycles. The molecule has 3 aromatic rings. The number of hydrogen-bond donors (Lipinski definition) is 2. The van der Waals surface area contributed by atoms with E-state index in [2.05, 4.69) is 28.9 Å². The van der Waals surface area contributed by atoms with Gasteiger partial charge in [0.2, 0.25) is 5.91 Å². The predicted octanol–water partition coefficient (Wildman–Crippen LogP) is 5.81. The Balaban J connectivity index is 0.000000803. The van der Waals surface area contributed by atoms with Gasteiger partial charge < -0.3 is 5.32 Å². The van der Waals surface area contributed by atoms with Crippen molar-refractivity contribution in [1.29, 1.82) is 0 Å². The molecule has 11 heteroatoms. The van der Waals surface area contributed by atoms with Crippen molar-refractivity contribution in [1.82, 2.24) is 9.71 Å². The van der Waals surface area contributed by atoms with Gasteiger partial charge in [-0.2, -0.15) is 0 Å². The van der Waals surface area contributed by atoms with Gasteiger partial charge in [-0.05, 0) is 35.9 Å². The van der Waals surface area contributed by atoms with Crippen molar-refractivity contribution in [2.75, 3.05) is 10.2 Å². The number of anilines is 2. The van der Waals surface area contributed by atoms with Gasteiger partial charge in [-0.15, -0.1) is 11.3 Å². The topological polar surface area (TPSA) is 108 Å². The highest BCUT2D eigenvalue weighted by Crippen LogP contribution is 2.25. The minimum atomic E-state index is -1.75. The van der Waals surface area contributed by atoms with Gasteiger partial charge in [0.15, 0.2) is 11.0 Å². The van der Waals surface area contributed by atoms with Crippen molar-refractivity contribution < 1.29 is 18.6 Å².